The summed E-state index contributed by atoms with van der Waals surface area (Å²) in [5.74, 6) is 0.878. The third kappa shape index (κ3) is 3.60. The van der Waals surface area contributed by atoms with Gasteiger partial charge in [0.25, 0.3) is 5.56 Å². The number of rotatable bonds is 5. The first-order valence-corrected chi connectivity index (χ1v) is 7.56. The molecule has 2 atom stereocenters. The number of aryl methyl sites for hydroxylation is 1. The third-order valence-corrected chi connectivity index (χ3v) is 4.03. The molecular weight excluding hydrogens is 254 g/mol. The van der Waals surface area contributed by atoms with Crippen LogP contribution in [0.25, 0.3) is 0 Å². The van der Waals surface area contributed by atoms with Crippen LogP contribution in [0.1, 0.15) is 46.0 Å². The Kier molecular flexibility index (Phi) is 4.81. The third-order valence-electron chi connectivity index (χ3n) is 4.03. The Bertz CT molecular complexity index is 500. The molecule has 0 radical (unpaired) electrons. The molecule has 0 aromatic carbocycles. The summed E-state index contributed by atoms with van der Waals surface area (Å²) >= 11 is 0. The van der Waals surface area contributed by atoms with Gasteiger partial charge in [-0.25, -0.2) is 4.98 Å². The van der Waals surface area contributed by atoms with Crippen molar-refractivity contribution in [3.63, 3.8) is 0 Å². The largest absolute Gasteiger partial charge is 0.388 e. The van der Waals surface area contributed by atoms with Crippen LogP contribution in [0.3, 0.4) is 0 Å². The minimum atomic E-state index is -0.711. The van der Waals surface area contributed by atoms with Gasteiger partial charge in [0.15, 0.2) is 5.82 Å². The predicted octanol–water partition coefficient (Wildman–Crippen LogP) is 2.01. The standard InChI is InChI=1S/C15H25N3O2/c1-3-8-18-9-7-16-13(14(18)19)17-11-15(20)6-4-5-12(2)10-15/h7,9,12,20H,3-6,8,10-11H2,1-2H3,(H,16,17). The Morgan fingerprint density at radius 3 is 3.10 bits per heavy atom. The molecular formula is C15H25N3O2. The van der Waals surface area contributed by atoms with Crippen LogP contribution in [0.2, 0.25) is 0 Å². The summed E-state index contributed by atoms with van der Waals surface area (Å²) in [5.41, 5.74) is -0.821. The fourth-order valence-electron chi connectivity index (χ4n) is 3.03. The zero-order valence-corrected chi connectivity index (χ0v) is 12.4. The Hall–Kier alpha value is -1.36. The number of nitrogens with one attached hydrogen (secondary N) is 1. The molecule has 20 heavy (non-hydrogen) atoms. The van der Waals surface area contributed by atoms with Gasteiger partial charge >= 0.3 is 0 Å². The summed E-state index contributed by atoms with van der Waals surface area (Å²) in [5, 5.41) is 13.6. The maximum atomic E-state index is 12.2. The fraction of sp³-hybridized carbons (Fsp3) is 0.733. The monoisotopic (exact) mass is 279 g/mol. The summed E-state index contributed by atoms with van der Waals surface area (Å²) in [6.07, 6.45) is 8.04. The Morgan fingerprint density at radius 1 is 1.60 bits per heavy atom. The van der Waals surface area contributed by atoms with Crippen molar-refractivity contribution in [3.05, 3.63) is 22.7 Å². The van der Waals surface area contributed by atoms with Crippen molar-refractivity contribution in [3.8, 4) is 0 Å². The van der Waals surface area contributed by atoms with E-state index in [0.29, 0.717) is 24.8 Å². The van der Waals surface area contributed by atoms with Gasteiger partial charge in [-0.3, -0.25) is 4.79 Å². The molecule has 0 spiro atoms. The fourth-order valence-corrected chi connectivity index (χ4v) is 3.03. The quantitative estimate of drug-likeness (QED) is 0.865. The summed E-state index contributed by atoms with van der Waals surface area (Å²) in [4.78, 5) is 16.3. The molecule has 5 nitrogen and oxygen atoms in total. The summed E-state index contributed by atoms with van der Waals surface area (Å²) < 4.78 is 1.66. The molecule has 0 bridgehead atoms. The van der Waals surface area contributed by atoms with Crippen molar-refractivity contribution in [1.82, 2.24) is 9.55 Å². The maximum absolute atomic E-state index is 12.2. The van der Waals surface area contributed by atoms with Gasteiger partial charge in [0.1, 0.15) is 0 Å². The van der Waals surface area contributed by atoms with Crippen LogP contribution < -0.4 is 10.9 Å². The van der Waals surface area contributed by atoms with Crippen molar-refractivity contribution in [2.75, 3.05) is 11.9 Å². The smallest absolute Gasteiger partial charge is 0.293 e. The van der Waals surface area contributed by atoms with Crippen molar-refractivity contribution >= 4 is 5.82 Å². The first kappa shape index (κ1) is 15.0. The lowest BCUT2D eigenvalue weighted by atomic mass is 9.79. The highest BCUT2D eigenvalue weighted by Crippen LogP contribution is 2.32. The second kappa shape index (κ2) is 6.39. The molecule has 112 valence electrons. The number of hydrogen-bond donors (Lipinski definition) is 2. The summed E-state index contributed by atoms with van der Waals surface area (Å²) in [6.45, 7) is 5.29. The number of nitrogens with zero attached hydrogens (tertiary/aromatic N) is 2. The van der Waals surface area contributed by atoms with Crippen molar-refractivity contribution < 1.29 is 5.11 Å². The van der Waals surface area contributed by atoms with Crippen LogP contribution in [-0.4, -0.2) is 26.8 Å². The van der Waals surface area contributed by atoms with E-state index >= 15 is 0 Å². The van der Waals surface area contributed by atoms with E-state index in [9.17, 15) is 9.90 Å². The highest BCUT2D eigenvalue weighted by atomic mass is 16.3. The lowest BCUT2D eigenvalue weighted by molar-refractivity contribution is -0.000853. The van der Waals surface area contributed by atoms with Gasteiger partial charge in [0, 0.05) is 25.5 Å². The molecule has 0 aliphatic heterocycles. The van der Waals surface area contributed by atoms with E-state index in [2.05, 4.69) is 17.2 Å². The van der Waals surface area contributed by atoms with Gasteiger partial charge in [0.2, 0.25) is 0 Å². The Labute approximate surface area is 120 Å². The van der Waals surface area contributed by atoms with Crippen molar-refractivity contribution in [2.24, 2.45) is 5.92 Å². The normalized spacial score (nSPS) is 26.4. The lowest BCUT2D eigenvalue weighted by Crippen LogP contribution is -2.42. The minimum absolute atomic E-state index is 0.109. The molecule has 1 fully saturated rings. The van der Waals surface area contributed by atoms with E-state index in [1.54, 1.807) is 17.0 Å². The summed E-state index contributed by atoms with van der Waals surface area (Å²) in [6, 6.07) is 0. The van der Waals surface area contributed by atoms with Gasteiger partial charge in [0.05, 0.1) is 5.60 Å². The van der Waals surface area contributed by atoms with Crippen LogP contribution in [0.5, 0.6) is 0 Å². The Balaban J connectivity index is 2.03. The number of aromatic nitrogens is 2. The van der Waals surface area contributed by atoms with E-state index in [4.69, 9.17) is 0 Å². The average molecular weight is 279 g/mol. The maximum Gasteiger partial charge on any atom is 0.293 e. The zero-order chi connectivity index (χ0) is 14.6. The van der Waals surface area contributed by atoms with E-state index in [0.717, 1.165) is 25.7 Å². The highest BCUT2D eigenvalue weighted by molar-refractivity contribution is 5.31. The van der Waals surface area contributed by atoms with E-state index in [-0.39, 0.29) is 5.56 Å². The molecule has 1 saturated carbocycles. The second-order valence-corrected chi connectivity index (χ2v) is 6.05. The van der Waals surface area contributed by atoms with E-state index < -0.39 is 5.60 Å². The van der Waals surface area contributed by atoms with E-state index in [1.165, 1.54) is 6.42 Å². The van der Waals surface area contributed by atoms with E-state index in [1.807, 2.05) is 6.92 Å². The average Bonchev–Trinajstić information content (AvgIpc) is 2.40. The van der Waals surface area contributed by atoms with Crippen LogP contribution in [-0.2, 0) is 6.54 Å². The highest BCUT2D eigenvalue weighted by Gasteiger charge is 2.32. The number of aliphatic hydroxyl groups is 1. The molecule has 1 aromatic rings. The van der Waals surface area contributed by atoms with Crippen LogP contribution in [0.15, 0.2) is 17.2 Å². The molecule has 5 heteroatoms. The van der Waals surface area contributed by atoms with Crippen molar-refractivity contribution in [1.29, 1.82) is 0 Å². The first-order valence-electron chi connectivity index (χ1n) is 7.56. The molecule has 1 aliphatic carbocycles. The topological polar surface area (TPSA) is 67.2 Å². The molecule has 1 aromatic heterocycles. The lowest BCUT2D eigenvalue weighted by Gasteiger charge is -2.35. The molecule has 1 aliphatic rings. The SMILES string of the molecule is CCCn1ccnc(NCC2(O)CCCC(C)C2)c1=O. The molecule has 0 saturated heterocycles. The molecule has 2 unspecified atom stereocenters. The Morgan fingerprint density at radius 2 is 2.40 bits per heavy atom. The molecule has 2 N–H and O–H groups in total. The van der Waals surface area contributed by atoms with Gasteiger partial charge in [-0.2, -0.15) is 0 Å². The van der Waals surface area contributed by atoms with Crippen LogP contribution in [0, 0.1) is 5.92 Å². The van der Waals surface area contributed by atoms with Gasteiger partial charge in [-0.1, -0.05) is 26.7 Å². The zero-order valence-electron chi connectivity index (χ0n) is 12.4. The molecule has 2 rings (SSSR count). The van der Waals surface area contributed by atoms with Gasteiger partial charge in [-0.15, -0.1) is 0 Å². The summed E-state index contributed by atoms with van der Waals surface area (Å²) in [7, 11) is 0. The second-order valence-electron chi connectivity index (χ2n) is 6.05. The number of anilines is 1. The first-order chi connectivity index (χ1) is 9.54. The van der Waals surface area contributed by atoms with Crippen LogP contribution in [0.4, 0.5) is 5.82 Å². The van der Waals surface area contributed by atoms with Crippen molar-refractivity contribution in [2.45, 2.75) is 58.1 Å². The predicted molar refractivity (Wildman–Crippen MR) is 79.9 cm³/mol. The van der Waals surface area contributed by atoms with Crippen LogP contribution >= 0.6 is 0 Å². The molecule has 0 amide bonds. The van der Waals surface area contributed by atoms with Gasteiger partial charge in [-0.05, 0) is 25.2 Å². The minimum Gasteiger partial charge on any atom is -0.388 e. The van der Waals surface area contributed by atoms with Gasteiger partial charge < -0.3 is 15.0 Å². The number of hydrogen-bond acceptors (Lipinski definition) is 4. The molecule has 1 heterocycles.